The molecule has 1 fully saturated rings. The summed E-state index contributed by atoms with van der Waals surface area (Å²) in [5.41, 5.74) is 0. The van der Waals surface area contributed by atoms with Gasteiger partial charge in [-0.3, -0.25) is 9.59 Å². The van der Waals surface area contributed by atoms with Crippen LogP contribution in [0.25, 0.3) is 0 Å². The van der Waals surface area contributed by atoms with Crippen molar-refractivity contribution in [1.82, 2.24) is 4.90 Å². The van der Waals surface area contributed by atoms with E-state index >= 15 is 0 Å². The third-order valence-electron chi connectivity index (χ3n) is 2.72. The largest absolute Gasteiger partial charge is 0.481 e. The van der Waals surface area contributed by atoms with E-state index in [4.69, 9.17) is 15.6 Å². The molecular weight excluding hydrogens is 222 g/mol. The first-order chi connectivity index (χ1) is 8.11. The monoisotopic (exact) mass is 235 g/mol. The molecule has 0 aromatic heterocycles. The van der Waals surface area contributed by atoms with Crippen molar-refractivity contribution in [1.29, 1.82) is 10.5 Å². The minimum atomic E-state index is -0.955. The van der Waals surface area contributed by atoms with E-state index in [1.807, 2.05) is 12.1 Å². The Hall–Kier alpha value is -2.08. The number of carboxylic acid groups (broad SMARTS) is 1. The maximum Gasteiger partial charge on any atom is 0.307 e. The minimum absolute atomic E-state index is 0.196. The Morgan fingerprint density at radius 1 is 1.18 bits per heavy atom. The molecule has 6 heteroatoms. The Labute approximate surface area is 99.0 Å². The third-order valence-corrected chi connectivity index (χ3v) is 2.72. The molecule has 0 unspecified atom stereocenters. The van der Waals surface area contributed by atoms with Crippen LogP contribution in [0.5, 0.6) is 0 Å². The zero-order chi connectivity index (χ0) is 12.8. The summed E-state index contributed by atoms with van der Waals surface area (Å²) in [5, 5.41) is 25.7. The first kappa shape index (κ1) is 13.0. The summed E-state index contributed by atoms with van der Waals surface area (Å²) in [4.78, 5) is 23.9. The molecule has 90 valence electrons. The van der Waals surface area contributed by atoms with Crippen molar-refractivity contribution >= 4 is 11.9 Å². The van der Waals surface area contributed by atoms with Crippen molar-refractivity contribution in [2.45, 2.75) is 19.3 Å². The van der Waals surface area contributed by atoms with Crippen LogP contribution in [0.15, 0.2) is 0 Å². The van der Waals surface area contributed by atoms with E-state index in [1.165, 1.54) is 4.90 Å². The quantitative estimate of drug-likeness (QED) is 0.715. The molecule has 17 heavy (non-hydrogen) atoms. The summed E-state index contributed by atoms with van der Waals surface area (Å²) < 4.78 is 0. The normalized spacial score (nSPS) is 21.1. The Morgan fingerprint density at radius 2 is 1.71 bits per heavy atom. The summed E-state index contributed by atoms with van der Waals surface area (Å²) in [5.74, 6) is -2.26. The summed E-state index contributed by atoms with van der Waals surface area (Å²) in [6, 6.07) is 3.86. The van der Waals surface area contributed by atoms with Gasteiger partial charge in [0, 0.05) is 13.1 Å². The molecule has 0 aromatic rings. The minimum Gasteiger partial charge on any atom is -0.481 e. The van der Waals surface area contributed by atoms with Gasteiger partial charge in [0.1, 0.15) is 0 Å². The van der Waals surface area contributed by atoms with Crippen LogP contribution in [0.3, 0.4) is 0 Å². The van der Waals surface area contributed by atoms with E-state index in [9.17, 15) is 9.59 Å². The van der Waals surface area contributed by atoms with Crippen LogP contribution in [-0.4, -0.2) is 35.0 Å². The van der Waals surface area contributed by atoms with E-state index in [-0.39, 0.29) is 31.8 Å². The van der Waals surface area contributed by atoms with Gasteiger partial charge in [-0.25, -0.2) is 0 Å². The van der Waals surface area contributed by atoms with Gasteiger partial charge in [0.15, 0.2) is 0 Å². The molecule has 0 spiro atoms. The van der Waals surface area contributed by atoms with Crippen LogP contribution in [0.1, 0.15) is 19.3 Å². The molecule has 0 radical (unpaired) electrons. The number of amides is 1. The molecule has 1 N–H and O–H groups in total. The smallest absolute Gasteiger partial charge is 0.307 e. The number of aliphatic carboxylic acids is 1. The van der Waals surface area contributed by atoms with Gasteiger partial charge in [-0.15, -0.1) is 0 Å². The number of carbonyl (C=O) groups is 2. The highest BCUT2D eigenvalue weighted by atomic mass is 16.4. The van der Waals surface area contributed by atoms with Crippen LogP contribution in [0.2, 0.25) is 0 Å². The molecule has 0 heterocycles. The standard InChI is InChI=1S/C11H13N3O3/c12-3-1-5-14(6-2-4-13)10(15)8-7-9(8)11(16)17/h8-9H,1-2,5-7H2,(H,16,17)/t8-,9+/m1/s1. The van der Waals surface area contributed by atoms with Gasteiger partial charge >= 0.3 is 5.97 Å². The number of rotatable bonds is 6. The number of nitrogens with zero attached hydrogens (tertiary/aromatic N) is 3. The van der Waals surface area contributed by atoms with Gasteiger partial charge in [0.25, 0.3) is 0 Å². The highest BCUT2D eigenvalue weighted by Crippen LogP contribution is 2.40. The fourth-order valence-electron chi connectivity index (χ4n) is 1.68. The summed E-state index contributed by atoms with van der Waals surface area (Å²) in [6.07, 6.45) is 0.757. The Morgan fingerprint density at radius 3 is 2.06 bits per heavy atom. The third kappa shape index (κ3) is 3.46. The maximum absolute atomic E-state index is 11.9. The fourth-order valence-corrected chi connectivity index (χ4v) is 1.68. The average molecular weight is 235 g/mol. The predicted octanol–water partition coefficient (Wildman–Crippen LogP) is 0.363. The van der Waals surface area contributed by atoms with Gasteiger partial charge in [-0.1, -0.05) is 0 Å². The van der Waals surface area contributed by atoms with Crippen molar-refractivity contribution in [2.75, 3.05) is 13.1 Å². The van der Waals surface area contributed by atoms with Gasteiger partial charge in [-0.05, 0) is 6.42 Å². The first-order valence-corrected chi connectivity index (χ1v) is 5.37. The highest BCUT2D eigenvalue weighted by Gasteiger charge is 2.49. The summed E-state index contributed by atoms with van der Waals surface area (Å²) in [7, 11) is 0. The van der Waals surface area contributed by atoms with E-state index in [0.29, 0.717) is 6.42 Å². The van der Waals surface area contributed by atoms with Crippen LogP contribution >= 0.6 is 0 Å². The molecule has 0 aliphatic heterocycles. The molecule has 6 nitrogen and oxygen atoms in total. The molecule has 1 rings (SSSR count). The molecule has 0 aromatic carbocycles. The molecule has 1 aliphatic carbocycles. The average Bonchev–Trinajstić information content (AvgIpc) is 3.08. The van der Waals surface area contributed by atoms with Gasteiger partial charge in [0.05, 0.1) is 36.8 Å². The number of nitriles is 2. The lowest BCUT2D eigenvalue weighted by atomic mass is 10.2. The highest BCUT2D eigenvalue weighted by molar-refractivity contribution is 5.89. The lowest BCUT2D eigenvalue weighted by molar-refractivity contribution is -0.142. The van der Waals surface area contributed by atoms with Crippen molar-refractivity contribution in [2.24, 2.45) is 11.8 Å². The van der Waals surface area contributed by atoms with Gasteiger partial charge in [-0.2, -0.15) is 10.5 Å². The first-order valence-electron chi connectivity index (χ1n) is 5.37. The second-order valence-electron chi connectivity index (χ2n) is 3.93. The van der Waals surface area contributed by atoms with Crippen molar-refractivity contribution < 1.29 is 14.7 Å². The fraction of sp³-hybridized carbons (Fsp3) is 0.636. The van der Waals surface area contributed by atoms with E-state index in [2.05, 4.69) is 0 Å². The molecule has 0 bridgehead atoms. The number of carboxylic acids is 1. The Kier molecular flexibility index (Phi) is 4.47. The number of hydrogen-bond donors (Lipinski definition) is 1. The SMILES string of the molecule is N#CCCN(CCC#N)C(=O)[C@@H]1C[C@@H]1C(=O)O. The van der Waals surface area contributed by atoms with Crippen LogP contribution in [0, 0.1) is 34.5 Å². The molecular formula is C11H13N3O3. The second kappa shape index (κ2) is 5.86. The molecule has 0 saturated heterocycles. The van der Waals surface area contributed by atoms with Crippen LogP contribution in [-0.2, 0) is 9.59 Å². The second-order valence-corrected chi connectivity index (χ2v) is 3.93. The van der Waals surface area contributed by atoms with Gasteiger partial charge in [0.2, 0.25) is 5.91 Å². The molecule has 1 aliphatic rings. The summed E-state index contributed by atoms with van der Waals surface area (Å²) in [6.45, 7) is 0.527. The number of hydrogen-bond acceptors (Lipinski definition) is 4. The van der Waals surface area contributed by atoms with E-state index < -0.39 is 17.8 Å². The number of carbonyl (C=O) groups excluding carboxylic acids is 1. The predicted molar refractivity (Wildman–Crippen MR) is 56.3 cm³/mol. The Balaban J connectivity index is 2.52. The van der Waals surface area contributed by atoms with Crippen molar-refractivity contribution in [3.05, 3.63) is 0 Å². The van der Waals surface area contributed by atoms with E-state index in [1.54, 1.807) is 0 Å². The van der Waals surface area contributed by atoms with Crippen LogP contribution in [0.4, 0.5) is 0 Å². The Bertz CT molecular complexity index is 376. The zero-order valence-corrected chi connectivity index (χ0v) is 9.30. The molecule has 2 atom stereocenters. The summed E-state index contributed by atoms with van der Waals surface area (Å²) >= 11 is 0. The zero-order valence-electron chi connectivity index (χ0n) is 9.30. The topological polar surface area (TPSA) is 105 Å². The molecule has 1 amide bonds. The lowest BCUT2D eigenvalue weighted by Gasteiger charge is -2.20. The molecule has 1 saturated carbocycles. The van der Waals surface area contributed by atoms with Crippen LogP contribution < -0.4 is 0 Å². The van der Waals surface area contributed by atoms with Crippen molar-refractivity contribution in [3.8, 4) is 12.1 Å². The maximum atomic E-state index is 11.9. The lowest BCUT2D eigenvalue weighted by Crippen LogP contribution is -2.34. The van der Waals surface area contributed by atoms with Crippen molar-refractivity contribution in [3.63, 3.8) is 0 Å². The van der Waals surface area contributed by atoms with E-state index in [0.717, 1.165) is 0 Å². The van der Waals surface area contributed by atoms with Gasteiger partial charge < -0.3 is 10.0 Å².